The molecule has 0 radical (unpaired) electrons. The van der Waals surface area contributed by atoms with Crippen molar-refractivity contribution in [3.8, 4) is 0 Å². The summed E-state index contributed by atoms with van der Waals surface area (Å²) >= 11 is 0. The van der Waals surface area contributed by atoms with Crippen molar-refractivity contribution in [2.24, 2.45) is 0 Å². The van der Waals surface area contributed by atoms with Crippen LogP contribution in [0.4, 0.5) is 0 Å². The molecule has 0 aliphatic heterocycles. The first-order chi connectivity index (χ1) is 9.61. The predicted octanol–water partition coefficient (Wildman–Crippen LogP) is 2.73. The molecule has 3 atom stereocenters. The summed E-state index contributed by atoms with van der Waals surface area (Å²) in [6.45, 7) is 0. The van der Waals surface area contributed by atoms with Gasteiger partial charge < -0.3 is 5.11 Å². The van der Waals surface area contributed by atoms with E-state index in [0.29, 0.717) is 11.1 Å². The Morgan fingerprint density at radius 3 is 2.15 bits per heavy atom. The Bertz CT molecular complexity index is 548. The van der Waals surface area contributed by atoms with Crippen LogP contribution >= 0.6 is 8.03 Å². The number of carboxylic acids is 1. The Kier molecular flexibility index (Phi) is 4.56. The SMILES string of the molecule is O=C(O)C(c1ccccc1)C(c1ccncc1)[P+](=O)O. The predicted molar refractivity (Wildman–Crippen MR) is 73.6 cm³/mol. The van der Waals surface area contributed by atoms with Gasteiger partial charge in [-0.3, -0.25) is 9.78 Å². The van der Waals surface area contributed by atoms with Crippen molar-refractivity contribution in [1.29, 1.82) is 0 Å². The molecule has 0 bridgehead atoms. The Hall–Kier alpha value is -2.10. The molecule has 1 aromatic carbocycles. The minimum Gasteiger partial charge on any atom is -0.481 e. The molecule has 20 heavy (non-hydrogen) atoms. The second-order valence-electron chi connectivity index (χ2n) is 4.25. The van der Waals surface area contributed by atoms with Crippen molar-refractivity contribution < 1.29 is 19.4 Å². The smallest absolute Gasteiger partial charge is 0.481 e. The number of benzene rings is 1. The maximum absolute atomic E-state index is 11.7. The number of aromatic nitrogens is 1. The van der Waals surface area contributed by atoms with Gasteiger partial charge in [0.2, 0.25) is 5.66 Å². The molecule has 0 aliphatic carbocycles. The van der Waals surface area contributed by atoms with E-state index in [1.165, 1.54) is 12.4 Å². The standard InChI is InChI=1S/C14H12NO4P/c16-14(17)12(10-4-2-1-3-5-10)13(20(18)19)11-6-8-15-9-7-11/h1-9,12-13H,(H-,16,17,18,19)/p+1. The van der Waals surface area contributed by atoms with E-state index < -0.39 is 25.6 Å². The number of pyridine rings is 1. The Balaban J connectivity index is 2.50. The third-order valence-corrected chi connectivity index (χ3v) is 4.10. The van der Waals surface area contributed by atoms with E-state index in [1.54, 1.807) is 42.5 Å². The van der Waals surface area contributed by atoms with Crippen LogP contribution in [0.25, 0.3) is 0 Å². The van der Waals surface area contributed by atoms with Crippen LogP contribution in [-0.2, 0) is 9.36 Å². The minimum atomic E-state index is -2.69. The number of carboxylic acid groups (broad SMARTS) is 1. The molecular formula is C14H13NO4P+. The zero-order valence-electron chi connectivity index (χ0n) is 10.5. The lowest BCUT2D eigenvalue weighted by atomic mass is 9.92. The lowest BCUT2D eigenvalue weighted by molar-refractivity contribution is -0.138. The average molecular weight is 290 g/mol. The summed E-state index contributed by atoms with van der Waals surface area (Å²) in [4.78, 5) is 25.0. The number of carbonyl (C=O) groups is 1. The fourth-order valence-electron chi connectivity index (χ4n) is 2.13. The highest BCUT2D eigenvalue weighted by atomic mass is 31.1. The molecule has 0 aliphatic rings. The summed E-state index contributed by atoms with van der Waals surface area (Å²) in [5.41, 5.74) is -0.0213. The molecule has 0 saturated carbocycles. The largest absolute Gasteiger partial charge is 0.514 e. The lowest BCUT2D eigenvalue weighted by Crippen LogP contribution is -2.18. The zero-order valence-corrected chi connectivity index (χ0v) is 11.4. The molecule has 2 rings (SSSR count). The van der Waals surface area contributed by atoms with E-state index in [1.807, 2.05) is 0 Å². The van der Waals surface area contributed by atoms with Gasteiger partial charge in [0.25, 0.3) is 0 Å². The van der Waals surface area contributed by atoms with Crippen molar-refractivity contribution in [2.45, 2.75) is 11.6 Å². The van der Waals surface area contributed by atoms with Gasteiger partial charge in [-0.1, -0.05) is 30.3 Å². The molecule has 0 amide bonds. The van der Waals surface area contributed by atoms with Crippen LogP contribution in [0.5, 0.6) is 0 Å². The first-order valence-corrected chi connectivity index (χ1v) is 7.22. The number of aliphatic carboxylic acids is 1. The van der Waals surface area contributed by atoms with Crippen LogP contribution in [0.2, 0.25) is 0 Å². The summed E-state index contributed by atoms with van der Waals surface area (Å²) in [5, 5.41) is 9.45. The summed E-state index contributed by atoms with van der Waals surface area (Å²) < 4.78 is 11.7. The zero-order chi connectivity index (χ0) is 14.5. The normalized spacial score (nSPS) is 14.3. The van der Waals surface area contributed by atoms with Gasteiger partial charge in [-0.2, -0.15) is 4.89 Å². The van der Waals surface area contributed by atoms with Crippen LogP contribution in [0, 0.1) is 0 Å². The second kappa shape index (κ2) is 6.37. The monoisotopic (exact) mass is 290 g/mol. The molecule has 0 saturated heterocycles. The van der Waals surface area contributed by atoms with Crippen molar-refractivity contribution in [1.82, 2.24) is 4.98 Å². The van der Waals surface area contributed by atoms with E-state index in [0.717, 1.165) is 0 Å². The number of rotatable bonds is 5. The fraction of sp³-hybridized carbons (Fsp3) is 0.143. The lowest BCUT2D eigenvalue weighted by Gasteiger charge is -2.15. The van der Waals surface area contributed by atoms with Crippen LogP contribution in [0.3, 0.4) is 0 Å². The molecule has 0 spiro atoms. The van der Waals surface area contributed by atoms with Gasteiger partial charge in [-0.05, 0) is 22.3 Å². The van der Waals surface area contributed by atoms with E-state index in [4.69, 9.17) is 0 Å². The van der Waals surface area contributed by atoms with Crippen LogP contribution in [-0.4, -0.2) is 21.0 Å². The van der Waals surface area contributed by atoms with Crippen molar-refractivity contribution in [3.63, 3.8) is 0 Å². The van der Waals surface area contributed by atoms with E-state index in [-0.39, 0.29) is 0 Å². The maximum atomic E-state index is 11.7. The first kappa shape index (κ1) is 14.3. The Morgan fingerprint density at radius 2 is 1.65 bits per heavy atom. The molecule has 2 aromatic rings. The van der Waals surface area contributed by atoms with Gasteiger partial charge in [0.05, 0.1) is 0 Å². The summed E-state index contributed by atoms with van der Waals surface area (Å²) in [6.07, 6.45) is 2.95. The second-order valence-corrected chi connectivity index (χ2v) is 5.42. The van der Waals surface area contributed by atoms with E-state index >= 15 is 0 Å². The van der Waals surface area contributed by atoms with Gasteiger partial charge in [0.15, 0.2) is 0 Å². The average Bonchev–Trinajstić information content (AvgIpc) is 2.45. The number of hydrogen-bond acceptors (Lipinski definition) is 3. The third kappa shape index (κ3) is 3.07. The third-order valence-electron chi connectivity index (χ3n) is 3.03. The molecule has 5 nitrogen and oxygen atoms in total. The van der Waals surface area contributed by atoms with Crippen LogP contribution in [0.1, 0.15) is 22.7 Å². The minimum absolute atomic E-state index is 0.486. The van der Waals surface area contributed by atoms with E-state index in [9.17, 15) is 19.4 Å². The van der Waals surface area contributed by atoms with Crippen LogP contribution < -0.4 is 0 Å². The summed E-state index contributed by atoms with van der Waals surface area (Å²) in [5.74, 6) is -2.21. The molecule has 6 heteroatoms. The number of hydrogen-bond donors (Lipinski definition) is 2. The molecule has 1 aromatic heterocycles. The van der Waals surface area contributed by atoms with Gasteiger partial charge in [0.1, 0.15) is 5.92 Å². The maximum Gasteiger partial charge on any atom is 0.514 e. The highest BCUT2D eigenvalue weighted by molar-refractivity contribution is 7.38. The van der Waals surface area contributed by atoms with Crippen LogP contribution in [0.15, 0.2) is 54.9 Å². The summed E-state index contributed by atoms with van der Waals surface area (Å²) in [6, 6.07) is 11.6. The quantitative estimate of drug-likeness (QED) is 0.827. The highest BCUT2D eigenvalue weighted by Gasteiger charge is 2.44. The summed E-state index contributed by atoms with van der Waals surface area (Å²) in [7, 11) is -2.69. The van der Waals surface area contributed by atoms with Crippen molar-refractivity contribution in [3.05, 3.63) is 66.0 Å². The highest BCUT2D eigenvalue weighted by Crippen LogP contribution is 2.47. The first-order valence-electron chi connectivity index (χ1n) is 5.94. The Morgan fingerprint density at radius 1 is 1.05 bits per heavy atom. The van der Waals surface area contributed by atoms with Gasteiger partial charge >= 0.3 is 14.0 Å². The van der Waals surface area contributed by atoms with Gasteiger partial charge in [-0.25, -0.2) is 0 Å². The van der Waals surface area contributed by atoms with Gasteiger partial charge in [0, 0.05) is 18.0 Å². The molecular weight excluding hydrogens is 277 g/mol. The van der Waals surface area contributed by atoms with Gasteiger partial charge in [-0.15, -0.1) is 0 Å². The Labute approximate surface area is 116 Å². The molecule has 0 fully saturated rings. The molecule has 3 unspecified atom stereocenters. The molecule has 102 valence electrons. The topological polar surface area (TPSA) is 87.5 Å². The van der Waals surface area contributed by atoms with Crippen molar-refractivity contribution >= 4 is 14.0 Å². The van der Waals surface area contributed by atoms with E-state index in [2.05, 4.69) is 4.98 Å². The number of nitrogens with zero attached hydrogens (tertiary/aromatic N) is 1. The molecule has 1 heterocycles. The van der Waals surface area contributed by atoms with Crippen molar-refractivity contribution in [2.75, 3.05) is 0 Å². The molecule has 2 N–H and O–H groups in total. The fourth-order valence-corrected chi connectivity index (χ4v) is 3.11.